The first-order valence-electron chi connectivity index (χ1n) is 13.4. The predicted octanol–water partition coefficient (Wildman–Crippen LogP) is 6.43. The fourth-order valence-corrected chi connectivity index (χ4v) is 7.43. The van der Waals surface area contributed by atoms with Crippen molar-refractivity contribution in [3.8, 4) is 0 Å². The number of piperidine rings is 1. The number of hydrogen-bond donors (Lipinski definition) is 0. The topological polar surface area (TPSA) is 42.0 Å². The van der Waals surface area contributed by atoms with E-state index >= 15 is 0 Å². The van der Waals surface area contributed by atoms with E-state index in [0.717, 1.165) is 37.3 Å². The van der Waals surface area contributed by atoms with Crippen LogP contribution in [0.15, 0.2) is 46.9 Å². The standard InChI is InChI=1S/C30H39BrN2O3/c1-20(2)23-7-5-6-8-24(23)28-19-36-16-15-33(28)27-18-30(21(27)3)11-13-32(14-12-30)22-9-10-25(26(31)17-22)29(34)35-4/h5-10,17,20-21,27-28H,11-16,18-19H2,1-4H3/t21-,27?,28-/m0/s1. The van der Waals surface area contributed by atoms with Crippen LogP contribution in [-0.4, -0.2) is 56.9 Å². The molecule has 1 aliphatic carbocycles. The number of methoxy groups -OCH3 is 1. The Labute approximate surface area is 224 Å². The highest BCUT2D eigenvalue weighted by molar-refractivity contribution is 9.10. The molecule has 2 aromatic rings. The summed E-state index contributed by atoms with van der Waals surface area (Å²) in [6, 6.07) is 15.9. The van der Waals surface area contributed by atoms with Gasteiger partial charge in [-0.05, 0) is 81.8 Å². The van der Waals surface area contributed by atoms with Gasteiger partial charge in [-0.25, -0.2) is 4.79 Å². The first-order chi connectivity index (χ1) is 17.3. The number of carbonyl (C=O) groups is 1. The first-order valence-corrected chi connectivity index (χ1v) is 14.2. The highest BCUT2D eigenvalue weighted by Gasteiger charge is 2.55. The van der Waals surface area contributed by atoms with E-state index < -0.39 is 0 Å². The van der Waals surface area contributed by atoms with Crippen LogP contribution < -0.4 is 4.90 Å². The van der Waals surface area contributed by atoms with Gasteiger partial charge in [-0.3, -0.25) is 4.90 Å². The average Bonchev–Trinajstić information content (AvgIpc) is 2.91. The SMILES string of the molecule is COC(=O)c1ccc(N2CCC3(CC2)CC(N2CCOC[C@H]2c2ccccc2C(C)C)[C@@H]3C)cc1Br. The van der Waals surface area contributed by atoms with E-state index in [0.29, 0.717) is 34.9 Å². The lowest BCUT2D eigenvalue weighted by Crippen LogP contribution is -2.63. The minimum absolute atomic E-state index is 0.308. The van der Waals surface area contributed by atoms with Gasteiger partial charge < -0.3 is 14.4 Å². The minimum Gasteiger partial charge on any atom is -0.465 e. The second kappa shape index (κ2) is 10.5. The molecule has 0 amide bonds. The van der Waals surface area contributed by atoms with Crippen molar-refractivity contribution < 1.29 is 14.3 Å². The summed E-state index contributed by atoms with van der Waals surface area (Å²) in [4.78, 5) is 17.2. The summed E-state index contributed by atoms with van der Waals surface area (Å²) in [6.45, 7) is 11.9. The fraction of sp³-hybridized carbons (Fsp3) is 0.567. The van der Waals surface area contributed by atoms with E-state index in [4.69, 9.17) is 9.47 Å². The van der Waals surface area contributed by atoms with Crippen molar-refractivity contribution in [1.82, 2.24) is 4.90 Å². The molecule has 5 rings (SSSR count). The maximum absolute atomic E-state index is 11.9. The molecule has 36 heavy (non-hydrogen) atoms. The molecule has 1 unspecified atom stereocenters. The van der Waals surface area contributed by atoms with Crippen LogP contribution >= 0.6 is 15.9 Å². The van der Waals surface area contributed by atoms with Gasteiger partial charge in [0.2, 0.25) is 0 Å². The number of halogens is 1. The van der Waals surface area contributed by atoms with Crippen molar-refractivity contribution in [1.29, 1.82) is 0 Å². The maximum atomic E-state index is 11.9. The average molecular weight is 556 g/mol. The summed E-state index contributed by atoms with van der Waals surface area (Å²) in [5.74, 6) is 0.888. The highest BCUT2D eigenvalue weighted by Crippen LogP contribution is 2.57. The quantitative estimate of drug-likeness (QED) is 0.398. The molecule has 6 heteroatoms. The van der Waals surface area contributed by atoms with Gasteiger partial charge in [0.25, 0.3) is 0 Å². The summed E-state index contributed by atoms with van der Waals surface area (Å²) < 4.78 is 11.7. The number of rotatable bonds is 5. The Kier molecular flexibility index (Phi) is 7.49. The molecule has 0 N–H and O–H groups in total. The highest BCUT2D eigenvalue weighted by atomic mass is 79.9. The maximum Gasteiger partial charge on any atom is 0.339 e. The van der Waals surface area contributed by atoms with Crippen molar-refractivity contribution in [3.05, 3.63) is 63.6 Å². The van der Waals surface area contributed by atoms with Crippen LogP contribution in [0.1, 0.15) is 73.5 Å². The molecule has 2 saturated heterocycles. The van der Waals surface area contributed by atoms with Gasteiger partial charge in [0.1, 0.15) is 0 Å². The van der Waals surface area contributed by atoms with Crippen LogP contribution in [0.5, 0.6) is 0 Å². The molecular formula is C30H39BrN2O3. The van der Waals surface area contributed by atoms with Crippen molar-refractivity contribution in [2.45, 2.75) is 58.0 Å². The molecule has 194 valence electrons. The third kappa shape index (κ3) is 4.61. The van der Waals surface area contributed by atoms with Crippen LogP contribution in [0.2, 0.25) is 0 Å². The molecule has 3 aliphatic rings. The smallest absolute Gasteiger partial charge is 0.339 e. The van der Waals surface area contributed by atoms with Gasteiger partial charge in [-0.15, -0.1) is 0 Å². The number of esters is 1. The zero-order valence-electron chi connectivity index (χ0n) is 22.0. The van der Waals surface area contributed by atoms with E-state index in [2.05, 4.69) is 76.8 Å². The molecule has 3 fully saturated rings. The fourth-order valence-electron chi connectivity index (χ4n) is 6.90. The number of nitrogens with zero attached hydrogens (tertiary/aromatic N) is 2. The first kappa shape index (κ1) is 25.7. The van der Waals surface area contributed by atoms with E-state index in [-0.39, 0.29) is 5.97 Å². The second-order valence-electron chi connectivity index (χ2n) is 11.2. The van der Waals surface area contributed by atoms with Gasteiger partial charge in [0.05, 0.1) is 31.9 Å². The number of carbonyl (C=O) groups excluding carboxylic acids is 1. The van der Waals surface area contributed by atoms with Crippen LogP contribution in [0.3, 0.4) is 0 Å². The Morgan fingerprint density at radius 2 is 1.89 bits per heavy atom. The van der Waals surface area contributed by atoms with Crippen LogP contribution in [0.25, 0.3) is 0 Å². The van der Waals surface area contributed by atoms with Gasteiger partial charge in [-0.1, -0.05) is 45.0 Å². The summed E-state index contributed by atoms with van der Waals surface area (Å²) in [7, 11) is 1.42. The van der Waals surface area contributed by atoms with Crippen molar-refractivity contribution in [2.24, 2.45) is 11.3 Å². The third-order valence-corrected chi connectivity index (χ3v) is 9.87. The van der Waals surface area contributed by atoms with Crippen LogP contribution in [0.4, 0.5) is 5.69 Å². The molecule has 2 aliphatic heterocycles. The molecule has 1 spiro atoms. The summed E-state index contributed by atoms with van der Waals surface area (Å²) >= 11 is 3.56. The summed E-state index contributed by atoms with van der Waals surface area (Å²) in [5, 5.41) is 0. The molecule has 5 nitrogen and oxygen atoms in total. The number of benzene rings is 2. The minimum atomic E-state index is -0.308. The molecule has 0 radical (unpaired) electrons. The van der Waals surface area contributed by atoms with E-state index in [1.165, 1.54) is 43.2 Å². The zero-order chi connectivity index (χ0) is 25.4. The monoisotopic (exact) mass is 554 g/mol. The Morgan fingerprint density at radius 1 is 1.14 bits per heavy atom. The summed E-state index contributed by atoms with van der Waals surface area (Å²) in [6.07, 6.45) is 3.73. The van der Waals surface area contributed by atoms with Gasteiger partial charge in [0, 0.05) is 35.8 Å². The molecule has 2 heterocycles. The molecule has 0 bridgehead atoms. The molecule has 2 aromatic carbocycles. The lowest BCUT2D eigenvalue weighted by atomic mass is 9.53. The Balaban J connectivity index is 1.26. The number of morpholine rings is 1. The molecule has 1 saturated carbocycles. The predicted molar refractivity (Wildman–Crippen MR) is 148 cm³/mol. The van der Waals surface area contributed by atoms with E-state index in [1.54, 1.807) is 0 Å². The van der Waals surface area contributed by atoms with Gasteiger partial charge in [0.15, 0.2) is 0 Å². The normalized spacial score (nSPS) is 26.2. The Hall–Kier alpha value is -1.89. The van der Waals surface area contributed by atoms with Gasteiger partial charge >= 0.3 is 5.97 Å². The van der Waals surface area contributed by atoms with E-state index in [9.17, 15) is 4.79 Å². The van der Waals surface area contributed by atoms with Crippen LogP contribution in [0, 0.1) is 11.3 Å². The zero-order valence-corrected chi connectivity index (χ0v) is 23.6. The Bertz CT molecular complexity index is 1100. The second-order valence-corrected chi connectivity index (χ2v) is 12.0. The molecule has 0 aromatic heterocycles. The van der Waals surface area contributed by atoms with Gasteiger partial charge in [-0.2, -0.15) is 0 Å². The largest absolute Gasteiger partial charge is 0.465 e. The Morgan fingerprint density at radius 3 is 2.56 bits per heavy atom. The van der Waals surface area contributed by atoms with Crippen molar-refractivity contribution >= 4 is 27.6 Å². The lowest BCUT2D eigenvalue weighted by Gasteiger charge is -2.62. The molecular weight excluding hydrogens is 516 g/mol. The van der Waals surface area contributed by atoms with Crippen molar-refractivity contribution in [3.63, 3.8) is 0 Å². The summed E-state index contributed by atoms with van der Waals surface area (Å²) in [5.41, 5.74) is 5.09. The molecule has 3 atom stereocenters. The third-order valence-electron chi connectivity index (χ3n) is 9.21. The number of anilines is 1. The van der Waals surface area contributed by atoms with Crippen molar-refractivity contribution in [2.75, 3.05) is 44.9 Å². The number of hydrogen-bond acceptors (Lipinski definition) is 5. The van der Waals surface area contributed by atoms with Crippen LogP contribution in [-0.2, 0) is 9.47 Å². The van der Waals surface area contributed by atoms with E-state index in [1.807, 2.05) is 12.1 Å². The number of ether oxygens (including phenoxy) is 2. The lowest BCUT2D eigenvalue weighted by molar-refractivity contribution is -0.130.